The molecule has 22 heteroatoms. The van der Waals surface area contributed by atoms with Crippen molar-refractivity contribution in [3.8, 4) is 12.0 Å². The standard InChI is InChI=1S/C32H26N10O8S2.2Na/c43-31-39-27(33-21-7-3-1-4-8-21)37-29(41-31)35-23-15-13-19(25(17-23)51-50-49-45)11-12-20-14-16-24(18-26(20)52(46,47)48)36-30-38-28(40-32(44)42-30)34-22-9-5-2-6-10-22;;/h1-18,45H,(H,46,47,48)(H3,33,35,37,39,41,43)(H3,34,36,38,40,42,44);;/q;2*+1/p-2. The van der Waals surface area contributed by atoms with Gasteiger partial charge < -0.3 is 41.3 Å². The van der Waals surface area contributed by atoms with Gasteiger partial charge in [0.05, 0.1) is 16.9 Å². The summed E-state index contributed by atoms with van der Waals surface area (Å²) in [6, 6.07) is 25.5. The maximum atomic E-state index is 12.3. The summed E-state index contributed by atoms with van der Waals surface area (Å²) in [7, 11) is -5.00. The Morgan fingerprint density at radius 1 is 0.593 bits per heavy atom. The smallest absolute Gasteiger partial charge is 0.744 e. The molecule has 54 heavy (non-hydrogen) atoms. The van der Waals surface area contributed by atoms with E-state index >= 15 is 0 Å². The molecule has 0 bridgehead atoms. The number of aromatic nitrogens is 6. The third-order valence-corrected chi connectivity index (χ3v) is 8.26. The molecule has 0 aliphatic rings. The van der Waals surface area contributed by atoms with Crippen LogP contribution in [0.2, 0.25) is 0 Å². The summed E-state index contributed by atoms with van der Waals surface area (Å²) in [6.07, 6.45) is 2.86. The van der Waals surface area contributed by atoms with Gasteiger partial charge in [0.2, 0.25) is 23.8 Å². The van der Waals surface area contributed by atoms with Crippen LogP contribution in [0.1, 0.15) is 11.1 Å². The predicted octanol–water partition coefficient (Wildman–Crippen LogP) is -1.24. The van der Waals surface area contributed by atoms with Crippen molar-refractivity contribution >= 4 is 80.9 Å². The van der Waals surface area contributed by atoms with Crippen molar-refractivity contribution in [3.63, 3.8) is 0 Å². The van der Waals surface area contributed by atoms with Gasteiger partial charge >= 0.3 is 71.1 Å². The molecular weight excluding hydrogens is 763 g/mol. The van der Waals surface area contributed by atoms with Crippen molar-refractivity contribution in [1.29, 1.82) is 0 Å². The van der Waals surface area contributed by atoms with Crippen LogP contribution >= 0.6 is 12.0 Å². The molecule has 0 spiro atoms. The largest absolute Gasteiger partial charge is 1.00 e. The van der Waals surface area contributed by atoms with Crippen molar-refractivity contribution in [2.24, 2.45) is 0 Å². The number of anilines is 8. The summed E-state index contributed by atoms with van der Waals surface area (Å²) < 4.78 is 41.5. The molecule has 0 atom stereocenters. The molecule has 18 nitrogen and oxygen atoms in total. The first-order valence-electron chi connectivity index (χ1n) is 14.7. The van der Waals surface area contributed by atoms with E-state index in [0.29, 0.717) is 39.6 Å². The van der Waals surface area contributed by atoms with Gasteiger partial charge in [0.1, 0.15) is 10.1 Å². The van der Waals surface area contributed by atoms with Crippen LogP contribution in [0.5, 0.6) is 12.0 Å². The molecule has 4 aromatic carbocycles. The Bertz CT molecular complexity index is 2340. The molecule has 0 unspecified atom stereocenters. The van der Waals surface area contributed by atoms with Crippen LogP contribution in [-0.2, 0) is 19.5 Å². The third-order valence-electron chi connectivity index (χ3n) is 6.71. The topological polar surface area (TPSA) is 265 Å². The van der Waals surface area contributed by atoms with Gasteiger partial charge in [0.25, 0.3) is 0 Å². The normalized spacial score (nSPS) is 10.9. The Morgan fingerprint density at radius 2 is 1.02 bits per heavy atom. The first kappa shape index (κ1) is 42.3. The molecule has 0 aliphatic carbocycles. The SMILES string of the molecule is O=S(=O)([O-])c1cc(Nc2nc(O)nc(Nc3ccccc3)n2)ccc1C=Cc1ccc(Nc2nc(O)nc(Nc3ccccc3)n2)cc1SOO[O-].[Na+].[Na+]. The third kappa shape index (κ3) is 12.0. The Balaban J connectivity index is 0.00000325. The monoisotopic (exact) mass is 786 g/mol. The van der Waals surface area contributed by atoms with E-state index in [0.717, 1.165) is 6.07 Å². The fourth-order valence-electron chi connectivity index (χ4n) is 4.53. The van der Waals surface area contributed by atoms with Gasteiger partial charge in [-0.2, -0.15) is 34.2 Å². The van der Waals surface area contributed by atoms with Gasteiger partial charge in [-0.15, -0.1) is 0 Å². The molecular formula is C32H24N10Na2O8S2. The second-order valence-electron chi connectivity index (χ2n) is 10.3. The number of benzene rings is 4. The maximum absolute atomic E-state index is 12.3. The quantitative estimate of drug-likeness (QED) is 0.0188. The molecule has 6 rings (SSSR count). The van der Waals surface area contributed by atoms with E-state index in [1.807, 2.05) is 24.3 Å². The molecule has 2 aromatic heterocycles. The van der Waals surface area contributed by atoms with Gasteiger partial charge in [0, 0.05) is 27.6 Å². The van der Waals surface area contributed by atoms with Crippen LogP contribution in [-0.4, -0.2) is 53.1 Å². The summed E-state index contributed by atoms with van der Waals surface area (Å²) in [6.45, 7) is 0. The molecule has 2 heterocycles. The minimum Gasteiger partial charge on any atom is -0.744 e. The van der Waals surface area contributed by atoms with Crippen molar-refractivity contribution < 1.29 is 96.9 Å². The van der Waals surface area contributed by atoms with E-state index in [4.69, 9.17) is 0 Å². The van der Waals surface area contributed by atoms with Crippen LogP contribution in [0.25, 0.3) is 12.2 Å². The Kier molecular flexibility index (Phi) is 15.5. The number of nitrogens with zero attached hydrogens (tertiary/aromatic N) is 6. The Labute approximate surface area is 356 Å². The molecule has 0 radical (unpaired) electrons. The van der Waals surface area contributed by atoms with Crippen LogP contribution in [0.3, 0.4) is 0 Å². The summed E-state index contributed by atoms with van der Waals surface area (Å²) in [5.41, 5.74) is 2.30. The van der Waals surface area contributed by atoms with Gasteiger partial charge in [-0.1, -0.05) is 60.7 Å². The number of hydrogen-bond acceptors (Lipinski definition) is 19. The molecule has 0 aliphatic heterocycles. The summed E-state index contributed by atoms with van der Waals surface area (Å²) in [5.74, 6) is -0.0632. The van der Waals surface area contributed by atoms with Gasteiger partial charge in [-0.25, -0.2) is 8.42 Å². The zero-order chi connectivity index (χ0) is 36.5. The van der Waals surface area contributed by atoms with Gasteiger partial charge in [0.15, 0.2) is 0 Å². The second-order valence-corrected chi connectivity index (χ2v) is 12.4. The Morgan fingerprint density at radius 3 is 1.48 bits per heavy atom. The Hall–Kier alpha value is -4.42. The van der Waals surface area contributed by atoms with Crippen molar-refractivity contribution in [3.05, 3.63) is 108 Å². The fraction of sp³-hybridized carbons (Fsp3) is 0. The van der Waals surface area contributed by atoms with E-state index in [9.17, 15) is 28.4 Å². The van der Waals surface area contributed by atoms with E-state index in [1.54, 1.807) is 48.5 Å². The molecule has 0 amide bonds. The van der Waals surface area contributed by atoms with Crippen LogP contribution in [0.15, 0.2) is 107 Å². The fourth-order valence-corrected chi connectivity index (χ4v) is 5.74. The minimum atomic E-state index is -5.00. The van der Waals surface area contributed by atoms with Crippen molar-refractivity contribution in [1.82, 2.24) is 29.9 Å². The second kappa shape index (κ2) is 19.8. The van der Waals surface area contributed by atoms with E-state index < -0.39 is 27.0 Å². The van der Waals surface area contributed by atoms with Crippen LogP contribution in [0.4, 0.5) is 46.5 Å². The number of rotatable bonds is 14. The van der Waals surface area contributed by atoms with Crippen LogP contribution in [0, 0.1) is 0 Å². The van der Waals surface area contributed by atoms with E-state index in [-0.39, 0.29) is 94.2 Å². The first-order valence-corrected chi connectivity index (χ1v) is 16.9. The van der Waals surface area contributed by atoms with Crippen LogP contribution < -0.4 is 85.6 Å². The predicted molar refractivity (Wildman–Crippen MR) is 187 cm³/mol. The summed E-state index contributed by atoms with van der Waals surface area (Å²) >= 11 is 0.556. The number of nitrogens with one attached hydrogen (secondary N) is 4. The maximum Gasteiger partial charge on any atom is 1.00 e. The first-order chi connectivity index (χ1) is 25.1. The average Bonchev–Trinajstić information content (AvgIpc) is 3.10. The zero-order valence-corrected chi connectivity index (χ0v) is 33.9. The number of hydrogen-bond donors (Lipinski definition) is 6. The van der Waals surface area contributed by atoms with E-state index in [1.165, 1.54) is 30.4 Å². The van der Waals surface area contributed by atoms with E-state index in [2.05, 4.69) is 60.5 Å². The number of aromatic hydroxyl groups is 2. The molecule has 0 fully saturated rings. The molecule has 0 saturated carbocycles. The summed E-state index contributed by atoms with van der Waals surface area (Å²) in [4.78, 5) is 23.6. The molecule has 264 valence electrons. The van der Waals surface area contributed by atoms with Gasteiger partial charge in [-0.3, -0.25) is 5.04 Å². The van der Waals surface area contributed by atoms with Crippen molar-refractivity contribution in [2.45, 2.75) is 9.79 Å². The van der Waals surface area contributed by atoms with Crippen molar-refractivity contribution in [2.75, 3.05) is 21.3 Å². The number of para-hydroxylation sites is 2. The average molecular weight is 787 g/mol. The zero-order valence-electron chi connectivity index (χ0n) is 28.2. The summed E-state index contributed by atoms with van der Waals surface area (Å²) in [5, 5.41) is 45.8. The van der Waals surface area contributed by atoms with Gasteiger partial charge in [-0.05, 0) is 59.7 Å². The minimum absolute atomic E-state index is 0. The molecule has 0 saturated heterocycles. The molecule has 6 aromatic rings. The molecule has 6 N–H and O–H groups in total.